The van der Waals surface area contributed by atoms with E-state index >= 15 is 0 Å². The fourth-order valence-corrected chi connectivity index (χ4v) is 12.2. The number of fused-ring (bicyclic) bond motifs is 4. The summed E-state index contributed by atoms with van der Waals surface area (Å²) in [4.78, 5) is 89.4. The largest absolute Gasteiger partial charge is 0.478 e. The van der Waals surface area contributed by atoms with Crippen molar-refractivity contribution in [1.82, 2.24) is 34.6 Å². The number of anilines is 6. The molecule has 11 rings (SSSR count). The lowest BCUT2D eigenvalue weighted by Crippen LogP contribution is -2.57. The number of nitrogens with zero attached hydrogens (tertiary/aromatic N) is 9. The molecule has 2 atom stereocenters. The van der Waals surface area contributed by atoms with E-state index in [0.717, 1.165) is 75.3 Å². The summed E-state index contributed by atoms with van der Waals surface area (Å²) < 4.78 is 7.82. The number of pyridine rings is 1. The van der Waals surface area contributed by atoms with E-state index in [2.05, 4.69) is 78.6 Å². The molecule has 19 nitrogen and oxygen atoms in total. The molecule has 4 N–H and O–H groups in total. The third kappa shape index (κ3) is 8.90. The van der Waals surface area contributed by atoms with E-state index in [-0.39, 0.29) is 54.0 Å². The number of amides is 5. The van der Waals surface area contributed by atoms with Crippen LogP contribution in [0.15, 0.2) is 73.6 Å². The van der Waals surface area contributed by atoms with E-state index in [1.807, 2.05) is 36.4 Å². The number of methoxy groups -OCH3 is 1. The fraction of sp³-hybridized carbons (Fsp3) is 0.418. The summed E-state index contributed by atoms with van der Waals surface area (Å²) in [5.74, 6) is -0.456. The summed E-state index contributed by atoms with van der Waals surface area (Å²) in [6.07, 6.45) is 8.82. The van der Waals surface area contributed by atoms with Crippen LogP contribution in [0.2, 0.25) is 0 Å². The highest BCUT2D eigenvalue weighted by Gasteiger charge is 2.41. The number of rotatable bonds is 12. The first-order valence-corrected chi connectivity index (χ1v) is 25.6. The van der Waals surface area contributed by atoms with Gasteiger partial charge in [-0.1, -0.05) is 20.4 Å². The Balaban J connectivity index is 0.761. The quantitative estimate of drug-likeness (QED) is 0.0908. The van der Waals surface area contributed by atoms with E-state index < -0.39 is 11.9 Å². The maximum atomic E-state index is 14.1. The lowest BCUT2D eigenvalue weighted by atomic mass is 9.90. The fourth-order valence-electron chi connectivity index (χ4n) is 12.2. The van der Waals surface area contributed by atoms with Gasteiger partial charge in [-0.15, -0.1) is 0 Å². The number of aromatic nitrogens is 4. The first-order valence-electron chi connectivity index (χ1n) is 25.6. The zero-order chi connectivity index (χ0) is 51.6. The Hall–Kier alpha value is -7.64. The van der Waals surface area contributed by atoms with Gasteiger partial charge in [-0.2, -0.15) is 0 Å². The van der Waals surface area contributed by atoms with Crippen LogP contribution in [-0.4, -0.2) is 128 Å². The summed E-state index contributed by atoms with van der Waals surface area (Å²) in [6.45, 7) is 15.6. The van der Waals surface area contributed by atoms with E-state index in [1.165, 1.54) is 24.4 Å². The summed E-state index contributed by atoms with van der Waals surface area (Å²) in [7, 11) is 1.51. The van der Waals surface area contributed by atoms with Crippen LogP contribution in [0.4, 0.5) is 34.4 Å². The van der Waals surface area contributed by atoms with Crippen LogP contribution in [0.25, 0.3) is 11.3 Å². The van der Waals surface area contributed by atoms with Crippen molar-refractivity contribution in [3.63, 3.8) is 0 Å². The van der Waals surface area contributed by atoms with Crippen molar-refractivity contribution < 1.29 is 33.8 Å². The van der Waals surface area contributed by atoms with Crippen molar-refractivity contribution in [2.45, 2.75) is 97.1 Å². The smallest absolute Gasteiger partial charge is 0.276 e. The van der Waals surface area contributed by atoms with Crippen LogP contribution in [0.3, 0.4) is 0 Å². The van der Waals surface area contributed by atoms with Gasteiger partial charge in [0, 0.05) is 111 Å². The molecule has 3 fully saturated rings. The van der Waals surface area contributed by atoms with E-state index in [0.29, 0.717) is 83.2 Å². The topological polar surface area (TPSA) is 211 Å². The molecule has 74 heavy (non-hydrogen) atoms. The maximum absolute atomic E-state index is 14.1. The molecule has 3 saturated heterocycles. The molecule has 1 aliphatic carbocycles. The van der Waals surface area contributed by atoms with Gasteiger partial charge in [0.1, 0.15) is 17.6 Å². The normalized spacial score (nSPS) is 20.8. The zero-order valence-corrected chi connectivity index (χ0v) is 42.3. The molecule has 384 valence electrons. The Kier molecular flexibility index (Phi) is 12.7. The molecule has 0 spiro atoms. The van der Waals surface area contributed by atoms with Crippen LogP contribution in [-0.2, 0) is 46.9 Å². The Bertz CT molecular complexity index is 3120. The van der Waals surface area contributed by atoms with Gasteiger partial charge in [0.05, 0.1) is 37.0 Å². The highest BCUT2D eigenvalue weighted by atomic mass is 16.5. The van der Waals surface area contributed by atoms with Crippen LogP contribution in [0, 0.1) is 5.41 Å². The first kappa shape index (κ1) is 48.6. The van der Waals surface area contributed by atoms with Gasteiger partial charge in [-0.05, 0) is 110 Å². The zero-order valence-electron chi connectivity index (χ0n) is 42.3. The molecular weight excluding hydrogens is 941 g/mol. The summed E-state index contributed by atoms with van der Waals surface area (Å²) >= 11 is 0. The third-order valence-corrected chi connectivity index (χ3v) is 15.8. The number of carbonyl (C=O) groups is 5. The number of aliphatic hydroxyl groups excluding tert-OH is 1. The molecule has 6 aliphatic rings. The molecule has 0 bridgehead atoms. The predicted octanol–water partition coefficient (Wildman–Crippen LogP) is 5.43. The van der Waals surface area contributed by atoms with Crippen molar-refractivity contribution in [3.05, 3.63) is 107 Å². The molecular formula is C55H62N12O7. The van der Waals surface area contributed by atoms with Crippen LogP contribution in [0.5, 0.6) is 5.88 Å². The molecule has 1 unspecified atom stereocenters. The minimum absolute atomic E-state index is 0.119. The molecule has 8 heterocycles. The molecule has 5 aromatic rings. The van der Waals surface area contributed by atoms with Crippen molar-refractivity contribution in [3.8, 4) is 17.1 Å². The van der Waals surface area contributed by atoms with Crippen LogP contribution < -0.4 is 35.4 Å². The summed E-state index contributed by atoms with van der Waals surface area (Å²) in [5.41, 5.74) is 9.40. The Morgan fingerprint density at radius 2 is 1.74 bits per heavy atom. The van der Waals surface area contributed by atoms with E-state index in [4.69, 9.17) is 9.72 Å². The Labute approximate surface area is 429 Å². The predicted molar refractivity (Wildman–Crippen MR) is 280 cm³/mol. The average molecular weight is 1000 g/mol. The van der Waals surface area contributed by atoms with Gasteiger partial charge in [0.25, 0.3) is 17.7 Å². The molecule has 3 aromatic heterocycles. The number of benzene rings is 2. The second kappa shape index (κ2) is 19.3. The molecule has 0 radical (unpaired) electrons. The second-order valence-corrected chi connectivity index (χ2v) is 21.1. The number of imide groups is 1. The van der Waals surface area contributed by atoms with Crippen molar-refractivity contribution in [2.24, 2.45) is 5.41 Å². The maximum Gasteiger partial charge on any atom is 0.276 e. The average Bonchev–Trinajstić information content (AvgIpc) is 4.02. The minimum atomic E-state index is -0.639. The monoisotopic (exact) mass is 1000 g/mol. The molecule has 0 saturated carbocycles. The lowest BCUT2D eigenvalue weighted by Gasteiger charge is -2.47. The van der Waals surface area contributed by atoms with Crippen molar-refractivity contribution >= 4 is 63.9 Å². The highest BCUT2D eigenvalue weighted by Crippen LogP contribution is 2.41. The standard InChI is InChI=1S/C55H62N12O7/c1-6-47(69)59-41-25-35(58-49-52(74-5)57-28-42(60-49)39-13-16-56-50(40(39)31-68)66-22-21-65-45(54(66)73)24-33-26-55(3,4)27-46(33)65)7-10-43(41)64-20-19-63(29-32(64)2)36-14-17-62(18-15-36)37-8-9-38-34(23-37)30-67(53(38)72)44-11-12-48(70)61-51(44)71/h6-10,13,16,23-25,28,32,36,44,68H,1,11-12,14-15,17-22,26-27,29-31H2,2-5H3,(H,58,60)(H,59,69)(H,61,70,71)/t32-,44?/m0/s1. The van der Waals surface area contributed by atoms with Gasteiger partial charge in [0.2, 0.25) is 17.7 Å². The van der Waals surface area contributed by atoms with Crippen LogP contribution in [0.1, 0.15) is 89.7 Å². The highest BCUT2D eigenvalue weighted by molar-refractivity contribution is 6.07. The first-order chi connectivity index (χ1) is 35.7. The number of hydrogen-bond donors (Lipinski definition) is 4. The Morgan fingerprint density at radius 3 is 2.50 bits per heavy atom. The van der Waals surface area contributed by atoms with Crippen molar-refractivity contribution in [2.75, 3.05) is 71.7 Å². The number of piperazine rings is 1. The molecule has 5 aliphatic heterocycles. The lowest BCUT2D eigenvalue weighted by molar-refractivity contribution is -0.137. The number of hydrogen-bond acceptors (Lipinski definition) is 14. The summed E-state index contributed by atoms with van der Waals surface area (Å²) in [6, 6.07) is 15.4. The Morgan fingerprint density at radius 1 is 0.919 bits per heavy atom. The minimum Gasteiger partial charge on any atom is -0.478 e. The molecule has 2 aromatic carbocycles. The van der Waals surface area contributed by atoms with Crippen molar-refractivity contribution in [1.29, 1.82) is 0 Å². The van der Waals surface area contributed by atoms with E-state index in [9.17, 15) is 29.1 Å². The third-order valence-electron chi connectivity index (χ3n) is 15.8. The molecule has 5 amide bonds. The van der Waals surface area contributed by atoms with Gasteiger partial charge < -0.3 is 39.7 Å². The SMILES string of the molecule is C=CC(=O)Nc1cc(Nc2nc(-c3ccnc(N4CCn5c(cc6c5CC(C)(C)C6)C4=O)c3CO)cnc2OC)ccc1N1CCN(C2CCN(c3ccc4c(c3)CN(C3CCC(=O)NC3=O)C4=O)CC2)C[C@@H]1C. The molecule has 19 heteroatoms. The second-order valence-electron chi connectivity index (χ2n) is 21.1. The van der Waals surface area contributed by atoms with Gasteiger partial charge in [0.15, 0.2) is 5.82 Å². The van der Waals surface area contributed by atoms with Crippen LogP contribution >= 0.6 is 0 Å². The van der Waals surface area contributed by atoms with Gasteiger partial charge >= 0.3 is 0 Å². The number of nitrogens with one attached hydrogen (secondary N) is 3. The number of ether oxygens (including phenoxy) is 1. The summed E-state index contributed by atoms with van der Waals surface area (Å²) in [5, 5.41) is 19.7. The van der Waals surface area contributed by atoms with E-state index in [1.54, 1.807) is 28.3 Å². The number of carbonyl (C=O) groups excluding carboxylic acids is 5. The van der Waals surface area contributed by atoms with Gasteiger partial charge in [-0.3, -0.25) is 39.1 Å². The number of piperidine rings is 2. The van der Waals surface area contributed by atoms with Gasteiger partial charge in [-0.25, -0.2) is 15.0 Å². The number of aliphatic hydroxyl groups is 1.